The standard InChI is InChI=1S/C13H15BrN2O3/c1-13(18-6-7-19-13)8-12(17)16-15-9-10-4-2-3-5-11(10)14/h2-5,9H,6-8H2,1H3,(H,16,17)/b15-9+. The summed E-state index contributed by atoms with van der Waals surface area (Å²) < 4.78 is 11.6. The third-order valence-electron chi connectivity index (χ3n) is 2.68. The van der Waals surface area contributed by atoms with Gasteiger partial charge in [0.1, 0.15) is 0 Å². The van der Waals surface area contributed by atoms with E-state index < -0.39 is 5.79 Å². The number of amides is 1. The Morgan fingerprint density at radius 3 is 2.84 bits per heavy atom. The average molecular weight is 327 g/mol. The first-order valence-electron chi connectivity index (χ1n) is 5.93. The van der Waals surface area contributed by atoms with Crippen LogP contribution < -0.4 is 5.43 Å². The van der Waals surface area contributed by atoms with Crippen LogP contribution in [-0.2, 0) is 14.3 Å². The second-order valence-corrected chi connectivity index (χ2v) is 5.18. The Labute approximate surface area is 120 Å². The zero-order valence-electron chi connectivity index (χ0n) is 10.6. The zero-order chi connectivity index (χ0) is 13.7. The van der Waals surface area contributed by atoms with Crippen LogP contribution in [0.25, 0.3) is 0 Å². The van der Waals surface area contributed by atoms with Crippen molar-refractivity contribution in [3.05, 3.63) is 34.3 Å². The number of carbonyl (C=O) groups is 1. The molecule has 0 radical (unpaired) electrons. The Hall–Kier alpha value is -1.24. The SMILES string of the molecule is CC1(CC(=O)N/N=C/c2ccccc2Br)OCCO1. The number of hydrazone groups is 1. The summed E-state index contributed by atoms with van der Waals surface area (Å²) in [5.74, 6) is -1.07. The molecule has 1 amide bonds. The average Bonchev–Trinajstić information content (AvgIpc) is 2.78. The highest BCUT2D eigenvalue weighted by Gasteiger charge is 2.33. The van der Waals surface area contributed by atoms with Crippen molar-refractivity contribution in [1.29, 1.82) is 0 Å². The molecule has 0 spiro atoms. The molecule has 0 atom stereocenters. The largest absolute Gasteiger partial charge is 0.347 e. The summed E-state index contributed by atoms with van der Waals surface area (Å²) in [5, 5.41) is 3.91. The molecule has 1 saturated heterocycles. The number of benzene rings is 1. The van der Waals surface area contributed by atoms with Crippen LogP contribution in [-0.4, -0.2) is 31.1 Å². The Bertz CT molecular complexity index is 485. The van der Waals surface area contributed by atoms with Crippen LogP contribution in [0.3, 0.4) is 0 Å². The van der Waals surface area contributed by atoms with Crippen LogP contribution in [0.4, 0.5) is 0 Å². The van der Waals surface area contributed by atoms with E-state index in [4.69, 9.17) is 9.47 Å². The van der Waals surface area contributed by atoms with E-state index in [1.54, 1.807) is 13.1 Å². The molecular formula is C13H15BrN2O3. The predicted octanol–water partition coefficient (Wildman–Crippen LogP) is 2.05. The van der Waals surface area contributed by atoms with E-state index in [0.717, 1.165) is 10.0 Å². The molecule has 0 aromatic heterocycles. The smallest absolute Gasteiger partial charge is 0.245 e. The van der Waals surface area contributed by atoms with Gasteiger partial charge in [0, 0.05) is 10.0 Å². The van der Waals surface area contributed by atoms with Gasteiger partial charge in [-0.3, -0.25) is 4.79 Å². The lowest BCUT2D eigenvalue weighted by atomic mass is 10.2. The fraction of sp³-hybridized carbons (Fsp3) is 0.385. The third-order valence-corrected chi connectivity index (χ3v) is 3.40. The maximum Gasteiger partial charge on any atom is 0.245 e. The highest BCUT2D eigenvalue weighted by atomic mass is 79.9. The molecule has 1 N–H and O–H groups in total. The highest BCUT2D eigenvalue weighted by Crippen LogP contribution is 2.22. The van der Waals surface area contributed by atoms with Gasteiger partial charge in [-0.05, 0) is 13.0 Å². The Kier molecular flexibility index (Phi) is 4.68. The number of ether oxygens (including phenoxy) is 2. The van der Waals surface area contributed by atoms with Gasteiger partial charge < -0.3 is 9.47 Å². The number of hydrogen-bond donors (Lipinski definition) is 1. The first-order chi connectivity index (χ1) is 9.09. The summed E-state index contributed by atoms with van der Waals surface area (Å²) in [5.41, 5.74) is 3.35. The molecule has 0 unspecified atom stereocenters. The van der Waals surface area contributed by atoms with E-state index in [1.165, 1.54) is 0 Å². The van der Waals surface area contributed by atoms with Gasteiger partial charge in [0.15, 0.2) is 5.79 Å². The minimum Gasteiger partial charge on any atom is -0.347 e. The van der Waals surface area contributed by atoms with Crippen molar-refractivity contribution in [3.63, 3.8) is 0 Å². The molecule has 1 aliphatic rings. The van der Waals surface area contributed by atoms with Crippen LogP contribution in [0.1, 0.15) is 18.9 Å². The second-order valence-electron chi connectivity index (χ2n) is 4.32. The molecule has 1 fully saturated rings. The number of nitrogens with zero attached hydrogens (tertiary/aromatic N) is 1. The van der Waals surface area contributed by atoms with Crippen molar-refractivity contribution < 1.29 is 14.3 Å². The Balaban J connectivity index is 1.85. The second kappa shape index (κ2) is 6.27. The van der Waals surface area contributed by atoms with Gasteiger partial charge in [-0.2, -0.15) is 5.10 Å². The molecule has 2 rings (SSSR count). The normalized spacial score (nSPS) is 17.8. The molecule has 5 nitrogen and oxygen atoms in total. The molecule has 0 aliphatic carbocycles. The van der Waals surface area contributed by atoms with Crippen molar-refractivity contribution in [1.82, 2.24) is 5.43 Å². The van der Waals surface area contributed by atoms with Gasteiger partial charge >= 0.3 is 0 Å². The van der Waals surface area contributed by atoms with Gasteiger partial charge in [-0.25, -0.2) is 5.43 Å². The minimum absolute atomic E-state index is 0.125. The van der Waals surface area contributed by atoms with E-state index >= 15 is 0 Å². The summed E-state index contributed by atoms with van der Waals surface area (Å²) in [6.45, 7) is 2.78. The van der Waals surface area contributed by atoms with Crippen molar-refractivity contribution in [2.24, 2.45) is 5.10 Å². The lowest BCUT2D eigenvalue weighted by Gasteiger charge is -2.20. The van der Waals surface area contributed by atoms with Crippen molar-refractivity contribution in [2.45, 2.75) is 19.1 Å². The number of carbonyl (C=O) groups excluding carboxylic acids is 1. The monoisotopic (exact) mass is 326 g/mol. The van der Waals surface area contributed by atoms with E-state index in [2.05, 4.69) is 26.5 Å². The van der Waals surface area contributed by atoms with Crippen molar-refractivity contribution in [2.75, 3.05) is 13.2 Å². The molecule has 19 heavy (non-hydrogen) atoms. The molecular weight excluding hydrogens is 312 g/mol. The predicted molar refractivity (Wildman–Crippen MR) is 74.8 cm³/mol. The van der Waals surface area contributed by atoms with Crippen LogP contribution >= 0.6 is 15.9 Å². The fourth-order valence-electron chi connectivity index (χ4n) is 1.74. The summed E-state index contributed by atoms with van der Waals surface area (Å²) in [7, 11) is 0. The summed E-state index contributed by atoms with van der Waals surface area (Å²) >= 11 is 3.40. The van der Waals surface area contributed by atoms with Gasteiger partial charge in [-0.15, -0.1) is 0 Å². The van der Waals surface area contributed by atoms with Gasteiger partial charge in [-0.1, -0.05) is 34.1 Å². The van der Waals surface area contributed by atoms with Gasteiger partial charge in [0.05, 0.1) is 25.8 Å². The molecule has 0 bridgehead atoms. The first-order valence-corrected chi connectivity index (χ1v) is 6.73. The highest BCUT2D eigenvalue weighted by molar-refractivity contribution is 9.10. The van der Waals surface area contributed by atoms with Gasteiger partial charge in [0.25, 0.3) is 0 Å². The van der Waals surface area contributed by atoms with Crippen LogP contribution in [0, 0.1) is 0 Å². The molecule has 1 heterocycles. The van der Waals surface area contributed by atoms with Gasteiger partial charge in [0.2, 0.25) is 5.91 Å². The Morgan fingerprint density at radius 1 is 1.47 bits per heavy atom. The topological polar surface area (TPSA) is 59.9 Å². The number of hydrogen-bond acceptors (Lipinski definition) is 4. The van der Waals surface area contributed by atoms with E-state index in [1.807, 2.05) is 24.3 Å². The molecule has 102 valence electrons. The van der Waals surface area contributed by atoms with Crippen LogP contribution in [0.2, 0.25) is 0 Å². The lowest BCUT2D eigenvalue weighted by molar-refractivity contribution is -0.159. The first kappa shape index (κ1) is 14.2. The van der Waals surface area contributed by atoms with Crippen LogP contribution in [0.5, 0.6) is 0 Å². The van der Waals surface area contributed by atoms with Crippen molar-refractivity contribution in [3.8, 4) is 0 Å². The maximum absolute atomic E-state index is 11.7. The lowest BCUT2D eigenvalue weighted by Crippen LogP contribution is -2.33. The van der Waals surface area contributed by atoms with E-state index in [-0.39, 0.29) is 12.3 Å². The Morgan fingerprint density at radius 2 is 2.16 bits per heavy atom. The number of nitrogens with one attached hydrogen (secondary N) is 1. The number of rotatable bonds is 4. The summed E-state index contributed by atoms with van der Waals surface area (Å²) in [4.78, 5) is 11.7. The molecule has 6 heteroatoms. The molecule has 1 aromatic rings. The summed E-state index contributed by atoms with van der Waals surface area (Å²) in [6.07, 6.45) is 1.71. The van der Waals surface area contributed by atoms with Crippen LogP contribution in [0.15, 0.2) is 33.8 Å². The molecule has 1 aliphatic heterocycles. The van der Waals surface area contributed by atoms with E-state index in [9.17, 15) is 4.79 Å². The summed E-state index contributed by atoms with van der Waals surface area (Å²) in [6, 6.07) is 7.61. The fourth-order valence-corrected chi connectivity index (χ4v) is 2.13. The quantitative estimate of drug-likeness (QED) is 0.680. The minimum atomic E-state index is -0.826. The maximum atomic E-state index is 11.7. The third kappa shape index (κ3) is 4.12. The molecule has 1 aromatic carbocycles. The number of halogens is 1. The van der Waals surface area contributed by atoms with E-state index in [0.29, 0.717) is 13.2 Å². The molecule has 0 saturated carbocycles. The zero-order valence-corrected chi connectivity index (χ0v) is 12.1. The van der Waals surface area contributed by atoms with Crippen molar-refractivity contribution >= 4 is 28.1 Å².